The first kappa shape index (κ1) is 9.72. The summed E-state index contributed by atoms with van der Waals surface area (Å²) in [6, 6.07) is 1.69. The maximum absolute atomic E-state index is 11.3. The monoisotopic (exact) mass is 180 g/mol. The summed E-state index contributed by atoms with van der Waals surface area (Å²) in [5, 5.41) is 8.36. The van der Waals surface area contributed by atoms with E-state index in [0.717, 1.165) is 0 Å². The van der Waals surface area contributed by atoms with E-state index in [4.69, 9.17) is 5.26 Å². The molecule has 0 spiro atoms. The minimum atomic E-state index is -0.277. The van der Waals surface area contributed by atoms with E-state index >= 15 is 0 Å². The van der Waals surface area contributed by atoms with Gasteiger partial charge in [0, 0.05) is 13.0 Å². The van der Waals surface area contributed by atoms with Crippen LogP contribution < -0.4 is 0 Å². The third-order valence-electron chi connectivity index (χ3n) is 2.26. The third-order valence-corrected chi connectivity index (χ3v) is 2.26. The van der Waals surface area contributed by atoms with Gasteiger partial charge >= 0.3 is 0 Å². The SMILES string of the molecule is CC(=O)C1CCC(=O)N1CCC#N. The lowest BCUT2D eigenvalue weighted by Crippen LogP contribution is -2.38. The molecular formula is C9H12N2O2. The van der Waals surface area contributed by atoms with Crippen molar-refractivity contribution in [3.05, 3.63) is 0 Å². The summed E-state index contributed by atoms with van der Waals surface area (Å²) in [5.41, 5.74) is 0. The van der Waals surface area contributed by atoms with Crippen LogP contribution in [0, 0.1) is 11.3 Å². The van der Waals surface area contributed by atoms with Crippen molar-refractivity contribution < 1.29 is 9.59 Å². The molecule has 70 valence electrons. The van der Waals surface area contributed by atoms with E-state index < -0.39 is 0 Å². The topological polar surface area (TPSA) is 61.2 Å². The molecule has 13 heavy (non-hydrogen) atoms. The molecule has 4 nitrogen and oxygen atoms in total. The van der Waals surface area contributed by atoms with Crippen LogP contribution in [-0.4, -0.2) is 29.2 Å². The molecule has 1 aliphatic heterocycles. The first-order valence-electron chi connectivity index (χ1n) is 4.33. The molecule has 1 heterocycles. The van der Waals surface area contributed by atoms with Gasteiger partial charge < -0.3 is 4.90 Å². The maximum atomic E-state index is 11.3. The summed E-state index contributed by atoms with van der Waals surface area (Å²) in [6.45, 7) is 1.88. The van der Waals surface area contributed by atoms with Gasteiger partial charge in [-0.05, 0) is 13.3 Å². The van der Waals surface area contributed by atoms with Crippen molar-refractivity contribution in [2.45, 2.75) is 32.2 Å². The van der Waals surface area contributed by atoms with Crippen LogP contribution in [0.1, 0.15) is 26.2 Å². The van der Waals surface area contributed by atoms with E-state index in [9.17, 15) is 9.59 Å². The molecule has 1 fully saturated rings. The second-order valence-corrected chi connectivity index (χ2v) is 3.16. The molecule has 4 heteroatoms. The highest BCUT2D eigenvalue weighted by molar-refractivity contribution is 5.90. The maximum Gasteiger partial charge on any atom is 0.223 e. The normalized spacial score (nSPS) is 21.7. The summed E-state index contributed by atoms with van der Waals surface area (Å²) < 4.78 is 0. The van der Waals surface area contributed by atoms with Crippen LogP contribution >= 0.6 is 0 Å². The summed E-state index contributed by atoms with van der Waals surface area (Å²) >= 11 is 0. The number of amides is 1. The van der Waals surface area contributed by atoms with Gasteiger partial charge in [0.15, 0.2) is 5.78 Å². The van der Waals surface area contributed by atoms with Crippen LogP contribution in [-0.2, 0) is 9.59 Å². The molecule has 1 unspecified atom stereocenters. The fourth-order valence-electron chi connectivity index (χ4n) is 1.61. The van der Waals surface area contributed by atoms with Crippen molar-refractivity contribution in [1.29, 1.82) is 5.26 Å². The van der Waals surface area contributed by atoms with Gasteiger partial charge in [0.25, 0.3) is 0 Å². The standard InChI is InChI=1S/C9H12N2O2/c1-7(12)8-3-4-9(13)11(8)6-2-5-10/h8H,2-4,6H2,1H3. The Labute approximate surface area is 77.1 Å². The number of carbonyl (C=O) groups excluding carboxylic acids is 2. The molecule has 0 saturated carbocycles. The van der Waals surface area contributed by atoms with E-state index in [-0.39, 0.29) is 17.7 Å². The van der Waals surface area contributed by atoms with Gasteiger partial charge in [0.1, 0.15) is 0 Å². The van der Waals surface area contributed by atoms with Gasteiger partial charge in [-0.2, -0.15) is 5.26 Å². The molecule has 1 rings (SSSR count). The van der Waals surface area contributed by atoms with Crippen LogP contribution in [0.3, 0.4) is 0 Å². The third kappa shape index (κ3) is 2.05. The van der Waals surface area contributed by atoms with Crippen LogP contribution in [0.15, 0.2) is 0 Å². The molecule has 0 N–H and O–H groups in total. The Hall–Kier alpha value is -1.37. The number of nitriles is 1. The number of nitrogens with zero attached hydrogens (tertiary/aromatic N) is 2. The molecule has 0 aromatic rings. The van der Waals surface area contributed by atoms with Gasteiger partial charge in [0.2, 0.25) is 5.91 Å². The van der Waals surface area contributed by atoms with E-state index in [1.54, 1.807) is 0 Å². The highest BCUT2D eigenvalue weighted by atomic mass is 16.2. The highest BCUT2D eigenvalue weighted by Gasteiger charge is 2.33. The molecule has 0 aromatic carbocycles. The fourth-order valence-corrected chi connectivity index (χ4v) is 1.61. The predicted octanol–water partition coefficient (Wildman–Crippen LogP) is 0.480. The molecule has 0 radical (unpaired) electrons. The van der Waals surface area contributed by atoms with Gasteiger partial charge in [-0.25, -0.2) is 0 Å². The van der Waals surface area contributed by atoms with E-state index in [2.05, 4.69) is 0 Å². The van der Waals surface area contributed by atoms with Crippen molar-refractivity contribution in [1.82, 2.24) is 4.90 Å². The van der Waals surface area contributed by atoms with Gasteiger partial charge in [-0.15, -0.1) is 0 Å². The molecule has 1 atom stereocenters. The average molecular weight is 180 g/mol. The Morgan fingerprint density at radius 2 is 2.46 bits per heavy atom. The summed E-state index contributed by atoms with van der Waals surface area (Å²) in [7, 11) is 0. The van der Waals surface area contributed by atoms with Crippen molar-refractivity contribution in [3.8, 4) is 6.07 Å². The molecular weight excluding hydrogens is 168 g/mol. The summed E-state index contributed by atoms with van der Waals surface area (Å²) in [5.74, 6) is 0.0132. The number of Topliss-reactive ketones (excluding diaryl/α,β-unsaturated/α-hetero) is 1. The molecule has 0 bridgehead atoms. The lowest BCUT2D eigenvalue weighted by Gasteiger charge is -2.21. The zero-order valence-electron chi connectivity index (χ0n) is 7.62. The van der Waals surface area contributed by atoms with Gasteiger partial charge in [0.05, 0.1) is 18.5 Å². The summed E-state index contributed by atoms with van der Waals surface area (Å²) in [4.78, 5) is 23.9. The zero-order chi connectivity index (χ0) is 9.84. The number of ketones is 1. The Kier molecular flexibility index (Phi) is 3.02. The van der Waals surface area contributed by atoms with Crippen molar-refractivity contribution in [3.63, 3.8) is 0 Å². The average Bonchev–Trinajstić information content (AvgIpc) is 2.43. The Balaban J connectivity index is 2.61. The molecule has 1 saturated heterocycles. The van der Waals surface area contributed by atoms with E-state index in [1.165, 1.54) is 11.8 Å². The lowest BCUT2D eigenvalue weighted by atomic mass is 10.1. The van der Waals surface area contributed by atoms with Gasteiger partial charge in [-0.1, -0.05) is 0 Å². The van der Waals surface area contributed by atoms with Gasteiger partial charge in [-0.3, -0.25) is 9.59 Å². The second kappa shape index (κ2) is 4.04. The number of rotatable bonds is 3. The number of hydrogen-bond donors (Lipinski definition) is 0. The minimum Gasteiger partial charge on any atom is -0.332 e. The molecule has 0 aromatic heterocycles. The fraction of sp³-hybridized carbons (Fsp3) is 0.667. The molecule has 1 amide bonds. The first-order chi connectivity index (χ1) is 6.16. The second-order valence-electron chi connectivity index (χ2n) is 3.16. The van der Waals surface area contributed by atoms with E-state index in [1.807, 2.05) is 6.07 Å². The first-order valence-corrected chi connectivity index (χ1v) is 4.33. The smallest absolute Gasteiger partial charge is 0.223 e. The largest absolute Gasteiger partial charge is 0.332 e. The predicted molar refractivity (Wildman–Crippen MR) is 45.6 cm³/mol. The van der Waals surface area contributed by atoms with Crippen molar-refractivity contribution in [2.75, 3.05) is 6.54 Å². The van der Waals surface area contributed by atoms with Crippen LogP contribution in [0.4, 0.5) is 0 Å². The lowest BCUT2D eigenvalue weighted by molar-refractivity contribution is -0.133. The summed E-state index contributed by atoms with van der Waals surface area (Å²) in [6.07, 6.45) is 1.35. The van der Waals surface area contributed by atoms with Crippen LogP contribution in [0.2, 0.25) is 0 Å². The number of hydrogen-bond acceptors (Lipinski definition) is 3. The van der Waals surface area contributed by atoms with Crippen molar-refractivity contribution >= 4 is 11.7 Å². The van der Waals surface area contributed by atoms with Crippen LogP contribution in [0.5, 0.6) is 0 Å². The number of carbonyl (C=O) groups is 2. The van der Waals surface area contributed by atoms with Crippen molar-refractivity contribution in [2.24, 2.45) is 0 Å². The molecule has 0 aliphatic carbocycles. The minimum absolute atomic E-state index is 0.00421. The quantitative estimate of drug-likeness (QED) is 0.634. The highest BCUT2D eigenvalue weighted by Crippen LogP contribution is 2.19. The Morgan fingerprint density at radius 3 is 3.00 bits per heavy atom. The molecule has 1 aliphatic rings. The van der Waals surface area contributed by atoms with E-state index in [0.29, 0.717) is 25.8 Å². The zero-order valence-corrected chi connectivity index (χ0v) is 7.62. The Bertz CT molecular complexity index is 267. The van der Waals surface area contributed by atoms with Crippen LogP contribution in [0.25, 0.3) is 0 Å². The number of likely N-dealkylation sites (tertiary alicyclic amines) is 1. The Morgan fingerprint density at radius 1 is 1.77 bits per heavy atom.